The Morgan fingerprint density at radius 1 is 1.40 bits per heavy atom. The van der Waals surface area contributed by atoms with Crippen LogP contribution in [-0.4, -0.2) is 19.0 Å². The third-order valence-corrected chi connectivity index (χ3v) is 4.03. The van der Waals surface area contributed by atoms with Crippen LogP contribution in [0.25, 0.3) is 0 Å². The van der Waals surface area contributed by atoms with Crippen molar-refractivity contribution in [3.63, 3.8) is 0 Å². The molecule has 0 fully saturated rings. The molecule has 3 rings (SSSR count). The summed E-state index contributed by atoms with van der Waals surface area (Å²) in [6.45, 7) is 2.73. The molecular weight excluding hydrogens is 270 g/mol. The Hall–Kier alpha value is -2.01. The highest BCUT2D eigenvalue weighted by atomic mass is 32.1. The Bertz CT molecular complexity index is 637. The molecule has 0 bridgehead atoms. The van der Waals surface area contributed by atoms with Gasteiger partial charge in [0.15, 0.2) is 6.10 Å². The van der Waals surface area contributed by atoms with Crippen LogP contribution in [0.5, 0.6) is 5.75 Å². The fraction of sp³-hybridized carbons (Fsp3) is 0.267. The maximum absolute atomic E-state index is 5.84. The van der Waals surface area contributed by atoms with Gasteiger partial charge in [-0.2, -0.15) is 11.3 Å². The number of fused-ring (bicyclic) bond motifs is 1. The maximum atomic E-state index is 5.84. The SMILES string of the molecule is CC1Oc2ccc(CN(C)c3ccsc3)cc2N=C1N. The molecule has 1 atom stereocenters. The number of thiophene rings is 1. The Morgan fingerprint density at radius 3 is 3.00 bits per heavy atom. The highest BCUT2D eigenvalue weighted by Crippen LogP contribution is 2.33. The first kappa shape index (κ1) is 13.0. The molecule has 1 aliphatic rings. The van der Waals surface area contributed by atoms with Gasteiger partial charge in [0.25, 0.3) is 0 Å². The smallest absolute Gasteiger partial charge is 0.153 e. The van der Waals surface area contributed by atoms with E-state index in [-0.39, 0.29) is 6.10 Å². The molecular formula is C15H17N3OS. The number of anilines is 1. The predicted octanol–water partition coefficient (Wildman–Crippen LogP) is 3.15. The number of hydrogen-bond acceptors (Lipinski definition) is 5. The van der Waals surface area contributed by atoms with Crippen molar-refractivity contribution in [2.75, 3.05) is 11.9 Å². The molecule has 1 aliphatic heterocycles. The van der Waals surface area contributed by atoms with Crippen LogP contribution in [0.2, 0.25) is 0 Å². The summed E-state index contributed by atoms with van der Waals surface area (Å²) in [5, 5.41) is 4.22. The predicted molar refractivity (Wildman–Crippen MR) is 84.2 cm³/mol. The van der Waals surface area contributed by atoms with Crippen molar-refractivity contribution < 1.29 is 4.74 Å². The zero-order valence-electron chi connectivity index (χ0n) is 11.5. The molecule has 104 valence electrons. The number of ether oxygens (including phenoxy) is 1. The average Bonchev–Trinajstić information content (AvgIpc) is 2.94. The van der Waals surface area contributed by atoms with E-state index >= 15 is 0 Å². The topological polar surface area (TPSA) is 50.8 Å². The fourth-order valence-corrected chi connectivity index (χ4v) is 2.86. The van der Waals surface area contributed by atoms with Gasteiger partial charge in [-0.25, -0.2) is 4.99 Å². The van der Waals surface area contributed by atoms with Crippen molar-refractivity contribution in [2.24, 2.45) is 10.7 Å². The van der Waals surface area contributed by atoms with Gasteiger partial charge in [-0.3, -0.25) is 0 Å². The number of aliphatic imine (C=N–C) groups is 1. The van der Waals surface area contributed by atoms with E-state index < -0.39 is 0 Å². The average molecular weight is 287 g/mol. The molecule has 0 saturated heterocycles. The number of rotatable bonds is 3. The van der Waals surface area contributed by atoms with Crippen LogP contribution in [0.1, 0.15) is 12.5 Å². The number of nitrogens with zero attached hydrogens (tertiary/aromatic N) is 2. The van der Waals surface area contributed by atoms with Gasteiger partial charge < -0.3 is 15.4 Å². The van der Waals surface area contributed by atoms with E-state index in [1.54, 1.807) is 11.3 Å². The van der Waals surface area contributed by atoms with Gasteiger partial charge in [0.1, 0.15) is 17.3 Å². The van der Waals surface area contributed by atoms with Crippen molar-refractivity contribution in [1.82, 2.24) is 0 Å². The first-order valence-electron chi connectivity index (χ1n) is 6.50. The molecule has 5 heteroatoms. The van der Waals surface area contributed by atoms with Crippen molar-refractivity contribution in [1.29, 1.82) is 0 Å². The van der Waals surface area contributed by atoms with Crippen molar-refractivity contribution in [2.45, 2.75) is 19.6 Å². The summed E-state index contributed by atoms with van der Waals surface area (Å²) in [4.78, 5) is 6.62. The van der Waals surface area contributed by atoms with E-state index in [0.29, 0.717) is 5.84 Å². The molecule has 0 amide bonds. The van der Waals surface area contributed by atoms with Gasteiger partial charge in [-0.1, -0.05) is 6.07 Å². The summed E-state index contributed by atoms with van der Waals surface area (Å²) in [7, 11) is 2.08. The lowest BCUT2D eigenvalue weighted by Crippen LogP contribution is -2.33. The van der Waals surface area contributed by atoms with E-state index in [1.165, 1.54) is 11.3 Å². The van der Waals surface area contributed by atoms with Crippen LogP contribution >= 0.6 is 11.3 Å². The van der Waals surface area contributed by atoms with E-state index in [2.05, 4.69) is 39.8 Å². The minimum atomic E-state index is -0.151. The van der Waals surface area contributed by atoms with Gasteiger partial charge in [-0.05, 0) is 36.1 Å². The molecule has 2 N–H and O–H groups in total. The first-order chi connectivity index (χ1) is 9.63. The van der Waals surface area contributed by atoms with Gasteiger partial charge in [0.05, 0.1) is 0 Å². The molecule has 2 aromatic rings. The summed E-state index contributed by atoms with van der Waals surface area (Å²) in [6.07, 6.45) is -0.151. The van der Waals surface area contributed by atoms with Crippen LogP contribution in [-0.2, 0) is 6.54 Å². The number of benzene rings is 1. The summed E-state index contributed by atoms with van der Waals surface area (Å²) < 4.78 is 5.71. The van der Waals surface area contributed by atoms with Crippen LogP contribution in [0.15, 0.2) is 40.0 Å². The molecule has 4 nitrogen and oxygen atoms in total. The number of amidine groups is 1. The molecule has 0 aliphatic carbocycles. The minimum Gasteiger partial charge on any atom is -0.481 e. The van der Waals surface area contributed by atoms with Crippen molar-refractivity contribution in [3.8, 4) is 5.75 Å². The zero-order chi connectivity index (χ0) is 14.1. The van der Waals surface area contributed by atoms with Gasteiger partial charge >= 0.3 is 0 Å². The highest BCUT2D eigenvalue weighted by Gasteiger charge is 2.18. The Kier molecular flexibility index (Phi) is 3.36. The molecule has 0 radical (unpaired) electrons. The molecule has 20 heavy (non-hydrogen) atoms. The normalized spacial score (nSPS) is 17.1. The highest BCUT2D eigenvalue weighted by molar-refractivity contribution is 7.08. The Labute approximate surface area is 122 Å². The molecule has 0 spiro atoms. The maximum Gasteiger partial charge on any atom is 0.153 e. The monoisotopic (exact) mass is 287 g/mol. The summed E-state index contributed by atoms with van der Waals surface area (Å²) in [5.41, 5.74) is 9.06. The van der Waals surface area contributed by atoms with Gasteiger partial charge in [-0.15, -0.1) is 0 Å². The van der Waals surface area contributed by atoms with Gasteiger partial charge in [0.2, 0.25) is 0 Å². The largest absolute Gasteiger partial charge is 0.481 e. The number of nitrogens with two attached hydrogens (primary N) is 1. The van der Waals surface area contributed by atoms with Crippen LogP contribution in [0.3, 0.4) is 0 Å². The van der Waals surface area contributed by atoms with Crippen LogP contribution in [0.4, 0.5) is 11.4 Å². The quantitative estimate of drug-likeness (QED) is 0.943. The second-order valence-corrected chi connectivity index (χ2v) is 5.72. The standard InChI is InChI=1S/C15H17N3OS/c1-10-15(16)17-13-7-11(3-4-14(13)19-10)8-18(2)12-5-6-20-9-12/h3-7,9-10H,8H2,1-2H3,(H2,16,17). The third-order valence-electron chi connectivity index (χ3n) is 3.36. The molecule has 1 aromatic carbocycles. The van der Waals surface area contributed by atoms with Crippen LogP contribution in [0, 0.1) is 0 Å². The summed E-state index contributed by atoms with van der Waals surface area (Å²) in [5.74, 6) is 1.33. The molecule has 1 unspecified atom stereocenters. The second kappa shape index (κ2) is 5.17. The molecule has 1 aromatic heterocycles. The first-order valence-corrected chi connectivity index (χ1v) is 7.45. The van der Waals surface area contributed by atoms with E-state index in [1.807, 2.05) is 19.1 Å². The number of hydrogen-bond donors (Lipinski definition) is 1. The Morgan fingerprint density at radius 2 is 2.25 bits per heavy atom. The lowest BCUT2D eigenvalue weighted by Gasteiger charge is -2.22. The Balaban J connectivity index is 1.82. The minimum absolute atomic E-state index is 0.151. The summed E-state index contributed by atoms with van der Waals surface area (Å²) in [6, 6.07) is 8.20. The molecule has 0 saturated carbocycles. The zero-order valence-corrected chi connectivity index (χ0v) is 12.4. The lowest BCUT2D eigenvalue weighted by molar-refractivity contribution is 0.281. The fourth-order valence-electron chi connectivity index (χ4n) is 2.17. The van der Waals surface area contributed by atoms with E-state index in [0.717, 1.165) is 18.0 Å². The molecule has 2 heterocycles. The van der Waals surface area contributed by atoms with E-state index in [4.69, 9.17) is 10.5 Å². The lowest BCUT2D eigenvalue weighted by atomic mass is 10.1. The van der Waals surface area contributed by atoms with Gasteiger partial charge in [0, 0.05) is 24.7 Å². The second-order valence-electron chi connectivity index (χ2n) is 4.94. The third kappa shape index (κ3) is 2.49. The van der Waals surface area contributed by atoms with Crippen molar-refractivity contribution >= 4 is 28.5 Å². The van der Waals surface area contributed by atoms with E-state index in [9.17, 15) is 0 Å². The summed E-state index contributed by atoms with van der Waals surface area (Å²) >= 11 is 1.70. The van der Waals surface area contributed by atoms with Crippen LogP contribution < -0.4 is 15.4 Å². The van der Waals surface area contributed by atoms with Crippen molar-refractivity contribution in [3.05, 3.63) is 40.6 Å².